The minimum atomic E-state index is -3.74. The molecule has 0 aliphatic carbocycles. The predicted octanol–water partition coefficient (Wildman–Crippen LogP) is 4.24. The molecular weight excluding hydrogens is 565 g/mol. The molecule has 3 atom stereocenters. The van der Waals surface area contributed by atoms with Crippen LogP contribution in [-0.2, 0) is 21.0 Å². The molecule has 2 aliphatic heterocycles. The number of hydrogen-bond acceptors (Lipinski definition) is 4. The predicted molar refractivity (Wildman–Crippen MR) is 152 cm³/mol. The molecule has 0 bridgehead atoms. The van der Waals surface area contributed by atoms with Crippen LogP contribution in [0.25, 0.3) is 0 Å². The maximum Gasteiger partial charge on any atom is 0.231 e. The lowest BCUT2D eigenvalue weighted by atomic mass is 9.91. The largest absolute Gasteiger partial charge is 0.339 e. The summed E-state index contributed by atoms with van der Waals surface area (Å²) >= 11 is 12.1. The van der Waals surface area contributed by atoms with E-state index in [1.165, 1.54) is 0 Å². The van der Waals surface area contributed by atoms with Crippen LogP contribution in [0.1, 0.15) is 23.5 Å². The fourth-order valence-corrected chi connectivity index (χ4v) is 6.48. The lowest BCUT2D eigenvalue weighted by Crippen LogP contribution is -2.42. The van der Waals surface area contributed by atoms with Gasteiger partial charge in [-0.3, -0.25) is 0 Å². The second-order valence-corrected chi connectivity index (χ2v) is 12.9. The molecule has 198 valence electrons. The van der Waals surface area contributed by atoms with Crippen molar-refractivity contribution in [2.75, 3.05) is 19.6 Å². The van der Waals surface area contributed by atoms with Crippen molar-refractivity contribution in [3.63, 3.8) is 0 Å². The highest BCUT2D eigenvalue weighted by Crippen LogP contribution is 2.31. The van der Waals surface area contributed by atoms with Gasteiger partial charge in [0.1, 0.15) is 0 Å². The third-order valence-electron chi connectivity index (χ3n) is 6.56. The van der Waals surface area contributed by atoms with Crippen LogP contribution in [0.2, 0.25) is 10.0 Å². The van der Waals surface area contributed by atoms with E-state index in [4.69, 9.17) is 33.4 Å². The molecule has 0 radical (unpaired) electrons. The van der Waals surface area contributed by atoms with Crippen molar-refractivity contribution in [3.05, 3.63) is 100 Å². The van der Waals surface area contributed by atoms with Gasteiger partial charge in [-0.15, -0.1) is 4.40 Å². The van der Waals surface area contributed by atoms with Crippen molar-refractivity contribution in [1.82, 2.24) is 9.91 Å². The number of benzene rings is 3. The summed E-state index contributed by atoms with van der Waals surface area (Å²) in [4.78, 5) is 2.26. The van der Waals surface area contributed by atoms with Crippen molar-refractivity contribution in [3.8, 4) is 0 Å². The summed E-state index contributed by atoms with van der Waals surface area (Å²) in [6.45, 7) is 0.943. The van der Waals surface area contributed by atoms with Crippen LogP contribution in [-0.4, -0.2) is 59.1 Å². The molecule has 2 N–H and O–H groups in total. The number of guanidine groups is 1. The Hall–Kier alpha value is -2.76. The van der Waals surface area contributed by atoms with E-state index in [-0.39, 0.29) is 12.5 Å². The Balaban J connectivity index is 1.56. The third kappa shape index (κ3) is 5.94. The van der Waals surface area contributed by atoms with Crippen molar-refractivity contribution >= 4 is 55.9 Å². The second-order valence-electron chi connectivity index (χ2n) is 9.08. The summed E-state index contributed by atoms with van der Waals surface area (Å²) in [5.74, 6) is 0.220. The quantitative estimate of drug-likeness (QED) is 0.353. The second kappa shape index (κ2) is 11.2. The first kappa shape index (κ1) is 26.8. The van der Waals surface area contributed by atoms with E-state index in [2.05, 4.69) is 4.40 Å². The van der Waals surface area contributed by atoms with Gasteiger partial charge < -0.3 is 4.90 Å². The Morgan fingerprint density at radius 1 is 0.947 bits per heavy atom. The average Bonchev–Trinajstić information content (AvgIpc) is 3.57. The first-order chi connectivity index (χ1) is 18.2. The monoisotopic (exact) mass is 589 g/mol. The van der Waals surface area contributed by atoms with E-state index < -0.39 is 26.3 Å². The fraction of sp³-hybridized carbons (Fsp3) is 0.231. The molecule has 5 rings (SSSR count). The van der Waals surface area contributed by atoms with Gasteiger partial charge in [-0.25, -0.2) is 22.8 Å². The van der Waals surface area contributed by atoms with Gasteiger partial charge in [0, 0.05) is 29.1 Å². The molecule has 0 spiro atoms. The summed E-state index contributed by atoms with van der Waals surface area (Å²) in [6, 6.07) is 24.0. The SMILES string of the molecule is NS(=O)(=O)C1CCN(/C(=N/S(=O)c2ccc(Cl)cc2)N2C[C@@H](c3ccccc3)C(c3ccc(Cl)cc3)=N2)C1. The van der Waals surface area contributed by atoms with Crippen LogP contribution in [0, 0.1) is 0 Å². The van der Waals surface area contributed by atoms with Gasteiger partial charge in [-0.05, 0) is 53.9 Å². The normalized spacial score (nSPS) is 21.0. The molecule has 1 fully saturated rings. The van der Waals surface area contributed by atoms with Gasteiger partial charge in [0.25, 0.3) is 0 Å². The minimum absolute atomic E-state index is 0.108. The lowest BCUT2D eigenvalue weighted by Gasteiger charge is -2.26. The zero-order valence-corrected chi connectivity index (χ0v) is 23.3. The maximum absolute atomic E-state index is 13.3. The summed E-state index contributed by atoms with van der Waals surface area (Å²) < 4.78 is 42.1. The molecule has 3 aromatic rings. The topological polar surface area (TPSA) is 108 Å². The number of likely N-dealkylation sites (tertiary alicyclic amines) is 1. The lowest BCUT2D eigenvalue weighted by molar-refractivity contribution is 0.376. The average molecular weight is 591 g/mol. The smallest absolute Gasteiger partial charge is 0.231 e. The van der Waals surface area contributed by atoms with Gasteiger partial charge in [0.2, 0.25) is 16.0 Å². The Morgan fingerprint density at radius 2 is 1.58 bits per heavy atom. The number of rotatable bonds is 5. The zero-order chi connectivity index (χ0) is 26.9. The van der Waals surface area contributed by atoms with Gasteiger partial charge in [-0.2, -0.15) is 5.10 Å². The van der Waals surface area contributed by atoms with Gasteiger partial charge in [-0.1, -0.05) is 65.7 Å². The summed E-state index contributed by atoms with van der Waals surface area (Å²) in [5, 5.41) is 12.5. The highest BCUT2D eigenvalue weighted by molar-refractivity contribution is 7.89. The van der Waals surface area contributed by atoms with Gasteiger partial charge in [0.15, 0.2) is 11.0 Å². The van der Waals surface area contributed by atoms with Crippen LogP contribution in [0.3, 0.4) is 0 Å². The van der Waals surface area contributed by atoms with Crippen LogP contribution < -0.4 is 5.14 Å². The first-order valence-corrected chi connectivity index (χ1v) is 15.4. The van der Waals surface area contributed by atoms with Crippen molar-refractivity contribution in [1.29, 1.82) is 0 Å². The molecule has 2 heterocycles. The molecule has 38 heavy (non-hydrogen) atoms. The number of sulfonamides is 1. The molecule has 0 saturated carbocycles. The van der Waals surface area contributed by atoms with E-state index in [1.807, 2.05) is 54.6 Å². The minimum Gasteiger partial charge on any atom is -0.339 e. The van der Waals surface area contributed by atoms with E-state index in [1.54, 1.807) is 34.2 Å². The Bertz CT molecular complexity index is 1500. The summed E-state index contributed by atoms with van der Waals surface area (Å²) in [6.07, 6.45) is 0.342. The molecule has 2 aliphatic rings. The molecule has 0 amide bonds. The van der Waals surface area contributed by atoms with Gasteiger partial charge >= 0.3 is 0 Å². The number of nitrogens with zero attached hydrogens (tertiary/aromatic N) is 4. The molecule has 0 aromatic heterocycles. The Kier molecular flexibility index (Phi) is 7.88. The molecular formula is C26H25Cl2N5O3S2. The highest BCUT2D eigenvalue weighted by Gasteiger charge is 2.38. The number of primary sulfonamides is 1. The Labute approximate surface area is 234 Å². The standard InChI is InChI=1S/C26H25Cl2N5O3S2/c27-20-8-6-19(7-9-20)25-24(18-4-2-1-3-5-18)17-33(30-25)26(32-15-14-23(16-32)38(29,35)36)31-37(34)22-12-10-21(28)11-13-22/h1-13,23-24H,14-17H2,(H2,29,35,36)/b31-26-/t23?,24-,37?/m0/s1. The summed E-state index contributed by atoms with van der Waals surface area (Å²) in [7, 11) is -5.53. The molecule has 1 saturated heterocycles. The van der Waals surface area contributed by atoms with Crippen molar-refractivity contribution < 1.29 is 12.6 Å². The van der Waals surface area contributed by atoms with E-state index >= 15 is 0 Å². The van der Waals surface area contributed by atoms with Gasteiger partial charge in [0.05, 0.1) is 22.4 Å². The number of nitrogens with two attached hydrogens (primary N) is 1. The fourth-order valence-electron chi connectivity index (χ4n) is 4.58. The summed E-state index contributed by atoms with van der Waals surface area (Å²) in [5.41, 5.74) is 2.76. The van der Waals surface area contributed by atoms with Crippen molar-refractivity contribution in [2.24, 2.45) is 14.6 Å². The zero-order valence-electron chi connectivity index (χ0n) is 20.2. The van der Waals surface area contributed by atoms with Crippen LogP contribution in [0.5, 0.6) is 0 Å². The number of hydrazone groups is 1. The van der Waals surface area contributed by atoms with E-state index in [9.17, 15) is 12.6 Å². The van der Waals surface area contributed by atoms with E-state index in [0.29, 0.717) is 40.4 Å². The highest BCUT2D eigenvalue weighted by atomic mass is 35.5. The number of hydrogen-bond donors (Lipinski definition) is 1. The van der Waals surface area contributed by atoms with Crippen molar-refractivity contribution in [2.45, 2.75) is 22.5 Å². The van der Waals surface area contributed by atoms with Crippen LogP contribution >= 0.6 is 23.2 Å². The molecule has 2 unspecified atom stereocenters. The van der Waals surface area contributed by atoms with E-state index in [0.717, 1.165) is 16.8 Å². The molecule has 12 heteroatoms. The number of halogens is 2. The molecule has 3 aromatic carbocycles. The maximum atomic E-state index is 13.3. The van der Waals surface area contributed by atoms with Crippen LogP contribution in [0.4, 0.5) is 0 Å². The Morgan fingerprint density at radius 3 is 2.18 bits per heavy atom. The third-order valence-corrected chi connectivity index (χ3v) is 9.38. The van der Waals surface area contributed by atoms with Crippen LogP contribution in [0.15, 0.2) is 93.3 Å². The first-order valence-electron chi connectivity index (χ1n) is 11.9. The molecule has 8 nitrogen and oxygen atoms in total.